The van der Waals surface area contributed by atoms with E-state index in [1.807, 2.05) is 0 Å². The zero-order valence-electron chi connectivity index (χ0n) is 2.96. The van der Waals surface area contributed by atoms with Gasteiger partial charge in [0, 0.05) is 0 Å². The second-order valence-electron chi connectivity index (χ2n) is 0. The summed E-state index contributed by atoms with van der Waals surface area (Å²) in [6.45, 7) is 0. The zero-order chi connectivity index (χ0) is 2.00. The van der Waals surface area contributed by atoms with Crippen LogP contribution in [0.5, 0.6) is 0 Å². The third-order valence-electron chi connectivity index (χ3n) is 0. The van der Waals surface area contributed by atoms with Gasteiger partial charge in [-0.05, 0) is 7.05 Å². The van der Waals surface area contributed by atoms with Gasteiger partial charge in [0.25, 0.3) is 0 Å². The summed E-state index contributed by atoms with van der Waals surface area (Å²) in [5.41, 5.74) is 4.50. The molecule has 0 aliphatic rings. The molecule has 0 rings (SSSR count). The van der Waals surface area contributed by atoms with Crippen molar-refractivity contribution in [2.75, 3.05) is 7.05 Å². The SMILES string of the molecule is B.CN.[Cl-].[Na+]. The Bertz CT molecular complexity index is 11.6. The minimum atomic E-state index is 0. The van der Waals surface area contributed by atoms with Gasteiger partial charge < -0.3 is 18.1 Å². The molecule has 0 saturated heterocycles. The van der Waals surface area contributed by atoms with E-state index in [1.54, 1.807) is 0 Å². The maximum Gasteiger partial charge on any atom is 1.00 e. The number of hydrogen-bond acceptors (Lipinski definition) is 1. The molecule has 0 aromatic heterocycles. The van der Waals surface area contributed by atoms with Gasteiger partial charge in [-0.15, -0.1) is 0 Å². The fraction of sp³-hybridized carbons (Fsp3) is 1.00. The van der Waals surface area contributed by atoms with E-state index in [0.717, 1.165) is 0 Å². The minimum absolute atomic E-state index is 0. The normalized spacial score (nSPS) is 1.20. The smallest absolute Gasteiger partial charge is 1.00 e. The largest absolute Gasteiger partial charge is 1.00 e. The summed E-state index contributed by atoms with van der Waals surface area (Å²) in [5, 5.41) is 0. The van der Waals surface area contributed by atoms with Crippen LogP contribution in [0, 0.1) is 0 Å². The molecule has 2 N–H and O–H groups in total. The first-order valence-electron chi connectivity index (χ1n) is 0.577. The average Bonchev–Trinajstić information content (AvgIpc) is 1.00. The first kappa shape index (κ1) is 33.3. The fourth-order valence-electron chi connectivity index (χ4n) is 0. The van der Waals surface area contributed by atoms with E-state index >= 15 is 0 Å². The quantitative estimate of drug-likeness (QED) is 0.303. The van der Waals surface area contributed by atoms with Crippen LogP contribution < -0.4 is 47.7 Å². The Morgan fingerprint density at radius 1 is 1.20 bits per heavy atom. The molecule has 1 nitrogen and oxygen atoms in total. The van der Waals surface area contributed by atoms with Gasteiger partial charge in [0.2, 0.25) is 0 Å². The Labute approximate surface area is 63.0 Å². The van der Waals surface area contributed by atoms with Crippen molar-refractivity contribution in [3.05, 3.63) is 0 Å². The van der Waals surface area contributed by atoms with Crippen LogP contribution in [0.25, 0.3) is 0 Å². The minimum Gasteiger partial charge on any atom is -1.00 e. The van der Waals surface area contributed by atoms with E-state index in [9.17, 15) is 0 Å². The molecule has 0 aromatic carbocycles. The monoisotopic (exact) mass is 103 g/mol. The molecule has 0 heterocycles. The van der Waals surface area contributed by atoms with Crippen molar-refractivity contribution in [3.63, 3.8) is 0 Å². The van der Waals surface area contributed by atoms with Gasteiger partial charge in [0.05, 0.1) is 8.41 Å². The molecule has 0 amide bonds. The first-order chi connectivity index (χ1) is 1.00. The molecule has 0 aromatic rings. The van der Waals surface area contributed by atoms with Crippen LogP contribution in [0.1, 0.15) is 0 Å². The fourth-order valence-corrected chi connectivity index (χ4v) is 0. The van der Waals surface area contributed by atoms with E-state index in [-0.39, 0.29) is 50.4 Å². The third-order valence-corrected chi connectivity index (χ3v) is 0. The Balaban J connectivity index is -0.00000000167. The van der Waals surface area contributed by atoms with Gasteiger partial charge in [-0.3, -0.25) is 0 Å². The van der Waals surface area contributed by atoms with Crippen LogP contribution in [0.3, 0.4) is 0 Å². The first-order valence-corrected chi connectivity index (χ1v) is 0.577. The summed E-state index contributed by atoms with van der Waals surface area (Å²) < 4.78 is 0. The average molecular weight is 103 g/mol. The molecule has 0 fully saturated rings. The molecule has 0 saturated carbocycles. The third kappa shape index (κ3) is 33.8. The molecule has 0 bridgehead atoms. The predicted octanol–water partition coefficient (Wildman–Crippen LogP) is -7.60. The number of nitrogens with two attached hydrogens (primary N) is 1. The molecular weight excluding hydrogens is 95.3 g/mol. The molecular formula is CH8BClNNa. The van der Waals surface area contributed by atoms with E-state index < -0.39 is 0 Å². The predicted molar refractivity (Wildman–Crippen MR) is 20.1 cm³/mol. The number of halogens is 1. The topological polar surface area (TPSA) is 26.0 Å². The molecule has 0 aliphatic heterocycles. The maximum atomic E-state index is 4.50. The van der Waals surface area contributed by atoms with Gasteiger partial charge in [0.1, 0.15) is 0 Å². The van der Waals surface area contributed by atoms with Gasteiger partial charge in [-0.25, -0.2) is 0 Å². The molecule has 4 heteroatoms. The Morgan fingerprint density at radius 3 is 1.20 bits per heavy atom. The van der Waals surface area contributed by atoms with Crippen molar-refractivity contribution in [1.29, 1.82) is 0 Å². The van der Waals surface area contributed by atoms with Crippen molar-refractivity contribution in [2.24, 2.45) is 5.73 Å². The Morgan fingerprint density at radius 2 is 1.20 bits per heavy atom. The Kier molecular flexibility index (Phi) is 381. The number of rotatable bonds is 0. The van der Waals surface area contributed by atoms with Crippen LogP contribution in [0.2, 0.25) is 0 Å². The van der Waals surface area contributed by atoms with Gasteiger partial charge >= 0.3 is 29.6 Å². The summed E-state index contributed by atoms with van der Waals surface area (Å²) in [6.07, 6.45) is 0. The van der Waals surface area contributed by atoms with Gasteiger partial charge in [0.15, 0.2) is 0 Å². The van der Waals surface area contributed by atoms with Crippen molar-refractivity contribution in [2.45, 2.75) is 0 Å². The van der Waals surface area contributed by atoms with E-state index in [0.29, 0.717) is 0 Å². The summed E-state index contributed by atoms with van der Waals surface area (Å²) in [6, 6.07) is 0. The summed E-state index contributed by atoms with van der Waals surface area (Å²) in [5.74, 6) is 0. The summed E-state index contributed by atoms with van der Waals surface area (Å²) >= 11 is 0. The second kappa shape index (κ2) is 57.2. The van der Waals surface area contributed by atoms with Crippen molar-refractivity contribution in [1.82, 2.24) is 0 Å². The molecule has 0 spiro atoms. The van der Waals surface area contributed by atoms with Gasteiger partial charge in [-0.2, -0.15) is 0 Å². The summed E-state index contributed by atoms with van der Waals surface area (Å²) in [7, 11) is 1.50. The molecule has 28 valence electrons. The molecule has 0 atom stereocenters. The van der Waals surface area contributed by atoms with Crippen LogP contribution in [-0.4, -0.2) is 15.5 Å². The van der Waals surface area contributed by atoms with Gasteiger partial charge in [-0.1, -0.05) is 0 Å². The Hall–Kier alpha value is 1.31. The van der Waals surface area contributed by atoms with Crippen LogP contribution in [-0.2, 0) is 0 Å². The van der Waals surface area contributed by atoms with Crippen LogP contribution in [0.15, 0.2) is 0 Å². The van der Waals surface area contributed by atoms with E-state index in [4.69, 9.17) is 0 Å². The summed E-state index contributed by atoms with van der Waals surface area (Å²) in [4.78, 5) is 0. The molecule has 0 unspecified atom stereocenters. The van der Waals surface area contributed by atoms with Crippen LogP contribution >= 0.6 is 0 Å². The molecule has 5 heavy (non-hydrogen) atoms. The van der Waals surface area contributed by atoms with Crippen LogP contribution in [0.4, 0.5) is 0 Å². The maximum absolute atomic E-state index is 4.50. The number of hydrogen-bond donors (Lipinski definition) is 1. The van der Waals surface area contributed by atoms with Crippen molar-refractivity contribution >= 4 is 8.41 Å². The molecule has 0 radical (unpaired) electrons. The standard InChI is InChI=1S/CH5N.BH3.ClH.Na/c1-2;;;/h2H2,1H3;1H3;1H;/q;;;+1/p-1. The van der Waals surface area contributed by atoms with Crippen molar-refractivity contribution < 1.29 is 42.0 Å². The molecule has 0 aliphatic carbocycles. The van der Waals surface area contributed by atoms with E-state index in [1.165, 1.54) is 7.05 Å². The zero-order valence-corrected chi connectivity index (χ0v) is 5.71. The second-order valence-corrected chi connectivity index (χ2v) is 0. The van der Waals surface area contributed by atoms with E-state index in [2.05, 4.69) is 5.73 Å². The van der Waals surface area contributed by atoms with Crippen molar-refractivity contribution in [3.8, 4) is 0 Å².